The number of carboxylic acid groups (broad SMARTS) is 1. The summed E-state index contributed by atoms with van der Waals surface area (Å²) in [6.45, 7) is 4.71. The van der Waals surface area contributed by atoms with Gasteiger partial charge in [0.25, 0.3) is 0 Å². The first-order valence-electron chi connectivity index (χ1n) is 5.65. The topological polar surface area (TPSA) is 83.6 Å². The zero-order valence-electron chi connectivity index (χ0n) is 9.90. The minimum atomic E-state index is -1.24. The van der Waals surface area contributed by atoms with Crippen molar-refractivity contribution >= 4 is 11.9 Å². The molecule has 0 aliphatic carbocycles. The molecule has 0 spiro atoms. The van der Waals surface area contributed by atoms with E-state index in [0.29, 0.717) is 25.3 Å². The first-order chi connectivity index (χ1) is 7.35. The lowest BCUT2D eigenvalue weighted by atomic mass is 10.0. The zero-order valence-corrected chi connectivity index (χ0v) is 9.90. The van der Waals surface area contributed by atoms with Crippen LogP contribution in [0.25, 0.3) is 0 Å². The van der Waals surface area contributed by atoms with Gasteiger partial charge in [-0.2, -0.15) is 0 Å². The lowest BCUT2D eigenvalue weighted by Gasteiger charge is -2.20. The van der Waals surface area contributed by atoms with Crippen LogP contribution in [-0.4, -0.2) is 40.5 Å². The van der Waals surface area contributed by atoms with Crippen LogP contribution in [0.4, 0.5) is 0 Å². The first-order valence-corrected chi connectivity index (χ1v) is 5.65. The van der Waals surface area contributed by atoms with Crippen LogP contribution in [-0.2, 0) is 9.59 Å². The number of carboxylic acids is 1. The highest BCUT2D eigenvalue weighted by Crippen LogP contribution is 2.20. The summed E-state index contributed by atoms with van der Waals surface area (Å²) < 4.78 is 0. The summed E-state index contributed by atoms with van der Waals surface area (Å²) in [6.07, 6.45) is 1.66. The number of hydrogen-bond donors (Lipinski definition) is 2. The number of likely N-dealkylation sites (tertiary alicyclic amines) is 1. The van der Waals surface area contributed by atoms with Crippen LogP contribution >= 0.6 is 0 Å². The van der Waals surface area contributed by atoms with Crippen LogP contribution in [0.1, 0.15) is 33.1 Å². The molecule has 0 radical (unpaired) electrons. The fourth-order valence-electron chi connectivity index (χ4n) is 1.79. The number of hydrogen-bond acceptors (Lipinski definition) is 3. The summed E-state index contributed by atoms with van der Waals surface area (Å²) in [5.41, 5.74) is 4.45. The van der Waals surface area contributed by atoms with Crippen molar-refractivity contribution in [3.05, 3.63) is 0 Å². The molecule has 1 heterocycles. The van der Waals surface area contributed by atoms with Crippen molar-refractivity contribution < 1.29 is 14.7 Å². The molecule has 16 heavy (non-hydrogen) atoms. The number of aliphatic carboxylic acids is 1. The van der Waals surface area contributed by atoms with Gasteiger partial charge in [0, 0.05) is 19.5 Å². The molecule has 0 bridgehead atoms. The predicted molar refractivity (Wildman–Crippen MR) is 59.8 cm³/mol. The minimum absolute atomic E-state index is 0.0160. The van der Waals surface area contributed by atoms with E-state index in [4.69, 9.17) is 10.8 Å². The molecular weight excluding hydrogens is 208 g/mol. The Morgan fingerprint density at radius 3 is 2.56 bits per heavy atom. The second-order valence-corrected chi connectivity index (χ2v) is 4.96. The van der Waals surface area contributed by atoms with E-state index in [1.54, 1.807) is 4.90 Å². The second kappa shape index (κ2) is 4.82. The van der Waals surface area contributed by atoms with E-state index >= 15 is 0 Å². The number of carbonyl (C=O) groups excluding carboxylic acids is 1. The lowest BCUT2D eigenvalue weighted by molar-refractivity contribution is -0.143. The molecule has 1 amide bonds. The van der Waals surface area contributed by atoms with Gasteiger partial charge in [-0.15, -0.1) is 0 Å². The maximum absolute atomic E-state index is 11.7. The van der Waals surface area contributed by atoms with Crippen LogP contribution in [0.2, 0.25) is 0 Å². The van der Waals surface area contributed by atoms with Crippen molar-refractivity contribution in [3.8, 4) is 0 Å². The number of rotatable bonds is 4. The molecule has 1 rings (SSSR count). The van der Waals surface area contributed by atoms with Crippen molar-refractivity contribution in [2.24, 2.45) is 11.7 Å². The smallest absolute Gasteiger partial charge is 0.325 e. The fourth-order valence-corrected chi connectivity index (χ4v) is 1.79. The van der Waals surface area contributed by atoms with E-state index in [1.165, 1.54) is 0 Å². The Kier molecular flexibility index (Phi) is 3.91. The van der Waals surface area contributed by atoms with Crippen LogP contribution in [0, 0.1) is 5.92 Å². The molecule has 0 aromatic carbocycles. The minimum Gasteiger partial charge on any atom is -0.480 e. The Labute approximate surface area is 95.6 Å². The molecule has 5 heteroatoms. The number of carbonyl (C=O) groups is 2. The average Bonchev–Trinajstić information content (AvgIpc) is 2.59. The maximum Gasteiger partial charge on any atom is 0.325 e. The van der Waals surface area contributed by atoms with E-state index in [9.17, 15) is 9.59 Å². The van der Waals surface area contributed by atoms with Gasteiger partial charge in [0.05, 0.1) is 0 Å². The maximum atomic E-state index is 11.7. The van der Waals surface area contributed by atoms with Gasteiger partial charge in [-0.3, -0.25) is 9.59 Å². The van der Waals surface area contributed by atoms with Crippen molar-refractivity contribution in [1.29, 1.82) is 0 Å². The third-order valence-electron chi connectivity index (χ3n) is 3.02. The summed E-state index contributed by atoms with van der Waals surface area (Å²) in [5, 5.41) is 8.93. The van der Waals surface area contributed by atoms with Gasteiger partial charge in [-0.25, -0.2) is 0 Å². The Morgan fingerprint density at radius 2 is 2.12 bits per heavy atom. The van der Waals surface area contributed by atoms with Crippen LogP contribution in [0.3, 0.4) is 0 Å². The highest BCUT2D eigenvalue weighted by Gasteiger charge is 2.42. The van der Waals surface area contributed by atoms with Crippen LogP contribution in [0.5, 0.6) is 0 Å². The van der Waals surface area contributed by atoms with E-state index < -0.39 is 11.5 Å². The predicted octanol–water partition coefficient (Wildman–Crippen LogP) is 0.437. The summed E-state index contributed by atoms with van der Waals surface area (Å²) in [7, 11) is 0. The van der Waals surface area contributed by atoms with Gasteiger partial charge in [-0.1, -0.05) is 13.8 Å². The fraction of sp³-hybridized carbons (Fsp3) is 0.818. The molecule has 3 N–H and O–H groups in total. The molecule has 1 atom stereocenters. The SMILES string of the molecule is CC(C)CCC(=O)N1CCC(N)(C(=O)O)C1. The van der Waals surface area contributed by atoms with Crippen molar-refractivity contribution in [1.82, 2.24) is 4.90 Å². The Balaban J connectivity index is 2.47. The van der Waals surface area contributed by atoms with Gasteiger partial charge in [0.15, 0.2) is 0 Å². The molecule has 0 saturated carbocycles. The molecule has 0 aromatic rings. The molecule has 1 aliphatic rings. The van der Waals surface area contributed by atoms with E-state index in [2.05, 4.69) is 13.8 Å². The average molecular weight is 228 g/mol. The highest BCUT2D eigenvalue weighted by atomic mass is 16.4. The van der Waals surface area contributed by atoms with Gasteiger partial charge in [-0.05, 0) is 18.8 Å². The number of nitrogens with zero attached hydrogens (tertiary/aromatic N) is 1. The molecule has 92 valence electrons. The summed E-state index contributed by atoms with van der Waals surface area (Å²) in [6, 6.07) is 0. The first kappa shape index (κ1) is 13.0. The van der Waals surface area contributed by atoms with Crippen molar-refractivity contribution in [3.63, 3.8) is 0 Å². The van der Waals surface area contributed by atoms with Crippen molar-refractivity contribution in [2.75, 3.05) is 13.1 Å². The van der Waals surface area contributed by atoms with Crippen molar-refractivity contribution in [2.45, 2.75) is 38.6 Å². The lowest BCUT2D eigenvalue weighted by Crippen LogP contribution is -2.50. The molecule has 1 unspecified atom stereocenters. The Morgan fingerprint density at radius 1 is 1.50 bits per heavy atom. The van der Waals surface area contributed by atoms with E-state index in [-0.39, 0.29) is 12.5 Å². The Bertz CT molecular complexity index is 291. The highest BCUT2D eigenvalue weighted by molar-refractivity contribution is 5.83. The quantitative estimate of drug-likeness (QED) is 0.731. The standard InChI is InChI=1S/C11H20N2O3/c1-8(2)3-4-9(14)13-6-5-11(12,7-13)10(15)16/h8H,3-7,12H2,1-2H3,(H,15,16). The largest absolute Gasteiger partial charge is 0.480 e. The zero-order chi connectivity index (χ0) is 12.3. The molecule has 0 aromatic heterocycles. The second-order valence-electron chi connectivity index (χ2n) is 4.96. The van der Waals surface area contributed by atoms with Crippen LogP contribution in [0.15, 0.2) is 0 Å². The number of amides is 1. The number of nitrogens with two attached hydrogens (primary N) is 1. The molecular formula is C11H20N2O3. The summed E-state index contributed by atoms with van der Waals surface area (Å²) in [5.74, 6) is -0.525. The molecule has 1 fully saturated rings. The normalized spacial score (nSPS) is 25.1. The van der Waals surface area contributed by atoms with Gasteiger partial charge < -0.3 is 15.7 Å². The molecule has 1 aliphatic heterocycles. The van der Waals surface area contributed by atoms with E-state index in [0.717, 1.165) is 6.42 Å². The third kappa shape index (κ3) is 2.95. The van der Waals surface area contributed by atoms with Gasteiger partial charge in [0.2, 0.25) is 5.91 Å². The van der Waals surface area contributed by atoms with Crippen LogP contribution < -0.4 is 5.73 Å². The Hall–Kier alpha value is -1.10. The van der Waals surface area contributed by atoms with Gasteiger partial charge in [0.1, 0.15) is 5.54 Å². The molecule has 1 saturated heterocycles. The summed E-state index contributed by atoms with van der Waals surface area (Å²) in [4.78, 5) is 24.2. The third-order valence-corrected chi connectivity index (χ3v) is 3.02. The molecule has 5 nitrogen and oxygen atoms in total. The van der Waals surface area contributed by atoms with Gasteiger partial charge >= 0.3 is 5.97 Å². The monoisotopic (exact) mass is 228 g/mol. The summed E-state index contributed by atoms with van der Waals surface area (Å²) >= 11 is 0. The van der Waals surface area contributed by atoms with E-state index in [1.807, 2.05) is 0 Å².